The van der Waals surface area contributed by atoms with Gasteiger partial charge in [0.05, 0.1) is 116 Å². The van der Waals surface area contributed by atoms with Crippen LogP contribution < -0.4 is 0 Å². The van der Waals surface area contributed by atoms with Crippen LogP contribution in [0, 0.1) is 53.3 Å². The molecule has 0 radical (unpaired) electrons. The molecule has 0 aliphatic carbocycles. The van der Waals surface area contributed by atoms with E-state index in [0.717, 1.165) is 25.7 Å². The van der Waals surface area contributed by atoms with Gasteiger partial charge < -0.3 is 88.6 Å². The van der Waals surface area contributed by atoms with E-state index in [9.17, 15) is 55.5 Å². The molecule has 1 unspecified atom stereocenters. The van der Waals surface area contributed by atoms with Crippen molar-refractivity contribution in [2.75, 3.05) is 27.9 Å². The number of hydrogen-bond acceptors (Lipinski definition) is 20. The first-order valence-corrected chi connectivity index (χ1v) is 37.1. The normalized spacial score (nSPS) is 41.1. The van der Waals surface area contributed by atoms with Crippen molar-refractivity contribution in [2.24, 2.45) is 53.3 Å². The molecule has 564 valence electrons. The largest absolute Gasteiger partial charge is 0.458 e. The summed E-state index contributed by atoms with van der Waals surface area (Å²) in [5, 5.41) is 105. The molecule has 5 aliphatic rings. The van der Waals surface area contributed by atoms with Gasteiger partial charge in [-0.2, -0.15) is 0 Å². The molecule has 30 atom stereocenters. The Balaban J connectivity index is 1.36. The molecule has 20 heteroatoms. The monoisotopic (exact) mass is 1390 g/mol. The molecule has 98 heavy (non-hydrogen) atoms. The predicted octanol–water partition coefficient (Wildman–Crippen LogP) is 9.70. The van der Waals surface area contributed by atoms with Gasteiger partial charge in [0.25, 0.3) is 0 Å². The van der Waals surface area contributed by atoms with Gasteiger partial charge in [-0.05, 0) is 148 Å². The number of cyclic esters (lactones) is 2. The zero-order chi connectivity index (χ0) is 72.5. The highest BCUT2D eigenvalue weighted by Gasteiger charge is 2.42. The van der Waals surface area contributed by atoms with Gasteiger partial charge in [0.15, 0.2) is 0 Å². The van der Waals surface area contributed by atoms with E-state index >= 15 is 0 Å². The summed E-state index contributed by atoms with van der Waals surface area (Å²) in [6.45, 7) is 22.2. The van der Waals surface area contributed by atoms with Gasteiger partial charge in [0, 0.05) is 88.9 Å². The van der Waals surface area contributed by atoms with E-state index in [0.29, 0.717) is 62.5 Å². The van der Waals surface area contributed by atoms with Crippen LogP contribution in [0.4, 0.5) is 0 Å². The van der Waals surface area contributed by atoms with Crippen LogP contribution in [-0.4, -0.2) is 214 Å². The van der Waals surface area contributed by atoms with E-state index in [1.165, 1.54) is 12.2 Å². The second kappa shape index (κ2) is 43.1. The van der Waals surface area contributed by atoms with Crippen LogP contribution in [0.3, 0.4) is 0 Å². The fourth-order valence-corrected chi connectivity index (χ4v) is 15.4. The van der Waals surface area contributed by atoms with E-state index < -0.39 is 133 Å². The molecule has 9 N–H and O–H groups in total. The Labute approximate surface area is 587 Å². The third kappa shape index (κ3) is 28.1. The minimum atomic E-state index is -1.19. The van der Waals surface area contributed by atoms with E-state index in [2.05, 4.69) is 0 Å². The lowest BCUT2D eigenvalue weighted by Crippen LogP contribution is -2.45. The minimum absolute atomic E-state index is 0.0327. The van der Waals surface area contributed by atoms with E-state index in [-0.39, 0.29) is 106 Å². The molecule has 5 aliphatic heterocycles. The number of aliphatic hydroxyl groups excluding tert-OH is 9. The summed E-state index contributed by atoms with van der Waals surface area (Å²) in [5.74, 6) is -6.05. The van der Waals surface area contributed by atoms with Gasteiger partial charge in [0.2, 0.25) is 0 Å². The van der Waals surface area contributed by atoms with Gasteiger partial charge in [-0.1, -0.05) is 115 Å². The average molecular weight is 1390 g/mol. The Morgan fingerprint density at radius 2 is 0.878 bits per heavy atom. The van der Waals surface area contributed by atoms with Crippen LogP contribution in [0.15, 0.2) is 71.9 Å². The van der Waals surface area contributed by atoms with E-state index in [4.69, 9.17) is 42.6 Å². The summed E-state index contributed by atoms with van der Waals surface area (Å²) in [5.41, 5.74) is 1.37. The van der Waals surface area contributed by atoms with Gasteiger partial charge in [-0.25, -0.2) is 9.59 Å². The number of methoxy groups -OCH3 is 3. The number of carbonyl (C=O) groups is 2. The molecule has 2 fully saturated rings. The van der Waals surface area contributed by atoms with Crippen molar-refractivity contribution >= 4 is 11.9 Å². The standard InChI is InChI=1S/C78H132O20/c1-45-22-28-58(80)37-61-19-16-18-60(95-61)36-57(44-79)51(7)68(82)42-70(84)53(9)77(55(11)75(88)47(3)26-30-64-39-66(90-13)34-49(5)93-64)97-73(86)32-24-46(2)23-29-59(81)38-62-20-17-21-63(96-62)41-72(92-15)52(8)69(83)43-71(85)54(10)78(98-74(87)33-25-45)56(12)76(89)48(4)27-31-65-40-67(91-14)35-50(6)94-65/h16-17,19-20,22-25,32-33,47-72,75-85,88-89H,18,21,26-31,34-44H2,1-15H3/b32-24+,33-25+,45-22+,46-23+/t47-,48-,49-,50-,51+,52-,53-,54-,55-,56-,57+,58-,59-,60-,61-,62-,63-,64-,65-,66+,67+,68-,69-,70+,71+,72?,75-,76-,77-,78-/m0/s1. The smallest absolute Gasteiger partial charge is 0.331 e. The van der Waals surface area contributed by atoms with Crippen LogP contribution in [0.5, 0.6) is 0 Å². The predicted molar refractivity (Wildman–Crippen MR) is 377 cm³/mol. The van der Waals surface area contributed by atoms with Crippen molar-refractivity contribution in [2.45, 2.75) is 327 Å². The maximum absolute atomic E-state index is 13.9. The zero-order valence-corrected chi connectivity index (χ0v) is 62.0. The van der Waals surface area contributed by atoms with Gasteiger partial charge >= 0.3 is 11.9 Å². The molecule has 5 rings (SSSR count). The van der Waals surface area contributed by atoms with Crippen LogP contribution in [-0.2, 0) is 52.2 Å². The highest BCUT2D eigenvalue weighted by molar-refractivity contribution is 5.83. The van der Waals surface area contributed by atoms with Crippen molar-refractivity contribution in [1.29, 1.82) is 0 Å². The van der Waals surface area contributed by atoms with Gasteiger partial charge in [-0.15, -0.1) is 0 Å². The third-order valence-electron chi connectivity index (χ3n) is 22.4. The Hall–Kier alpha value is -3.26. The van der Waals surface area contributed by atoms with Crippen molar-refractivity contribution < 1.29 is 98.2 Å². The Morgan fingerprint density at radius 3 is 1.28 bits per heavy atom. The van der Waals surface area contributed by atoms with Crippen LogP contribution in [0.25, 0.3) is 0 Å². The first-order valence-electron chi connectivity index (χ1n) is 37.1. The number of ether oxygens (including phenoxy) is 9. The molecule has 0 aromatic carbocycles. The number of carbonyl (C=O) groups excluding carboxylic acids is 2. The quantitative estimate of drug-likeness (QED) is 0.0513. The summed E-state index contributed by atoms with van der Waals surface area (Å²) >= 11 is 0. The Bertz CT molecular complexity index is 2320. The molecule has 0 aromatic rings. The topological polar surface area (TPSA) is 299 Å². The summed E-state index contributed by atoms with van der Waals surface area (Å²) in [7, 11) is 5.00. The van der Waals surface area contributed by atoms with Crippen LogP contribution in [0.2, 0.25) is 0 Å². The fourth-order valence-electron chi connectivity index (χ4n) is 15.4. The number of fused-ring (bicyclic) bond motifs is 4. The molecular weight excluding hydrogens is 1260 g/mol. The van der Waals surface area contributed by atoms with Crippen molar-refractivity contribution in [1.82, 2.24) is 0 Å². The van der Waals surface area contributed by atoms with E-state index in [1.807, 2.05) is 91.8 Å². The van der Waals surface area contributed by atoms with Gasteiger partial charge in [-0.3, -0.25) is 0 Å². The summed E-state index contributed by atoms with van der Waals surface area (Å²) in [6, 6.07) is 0. The number of allylic oxidation sites excluding steroid dienone is 4. The molecule has 0 amide bonds. The molecular formula is C78H132O20. The molecule has 20 nitrogen and oxygen atoms in total. The second-order valence-corrected chi connectivity index (χ2v) is 30.5. The van der Waals surface area contributed by atoms with E-state index in [1.54, 1.807) is 61.2 Å². The lowest BCUT2D eigenvalue weighted by Gasteiger charge is -2.38. The molecule has 2 saturated heterocycles. The molecule has 0 spiro atoms. The Kier molecular flexibility index (Phi) is 37.6. The molecule has 0 saturated carbocycles. The number of rotatable bonds is 16. The lowest BCUT2D eigenvalue weighted by atomic mass is 9.77. The highest BCUT2D eigenvalue weighted by atomic mass is 16.6. The van der Waals surface area contributed by atoms with Gasteiger partial charge in [0.1, 0.15) is 12.2 Å². The Morgan fingerprint density at radius 1 is 0.480 bits per heavy atom. The maximum atomic E-state index is 13.9. The number of esters is 2. The van der Waals surface area contributed by atoms with Crippen LogP contribution in [0.1, 0.15) is 199 Å². The average Bonchev–Trinajstić information content (AvgIpc) is 0.850. The summed E-state index contributed by atoms with van der Waals surface area (Å²) < 4.78 is 55.3. The summed E-state index contributed by atoms with van der Waals surface area (Å²) in [4.78, 5) is 27.8. The SMILES string of the molecule is COC1C[C@@H]2CC=C[C@@H](C[C@@H](O)C/C=C(C)/C=C/C(=O)O[C@H]([C@@H](C)[C@@H](O)[C@@H](C)CC[C@H]3C[C@H](OC)C[C@H](C)O3)[C@@H](C)[C@H](O)C[C@H](O)[C@H](C)[C@@H](CO)C[C@@H]3CC=C[C@@H](C[C@@H](O)C/C=C(C)/C=C/C(=O)O[C@H]([C@@H](C)[C@@H](O)[C@@H](C)CC[C@H]4C[C@H](OC)C[C@H](C)O4)[C@@H](C)[C@H](O)C[C@H](O)[C@@H]1C)O3)O2. The third-order valence-corrected chi connectivity index (χ3v) is 22.4. The minimum Gasteiger partial charge on any atom is -0.458 e. The molecule has 4 bridgehead atoms. The second-order valence-electron chi connectivity index (χ2n) is 30.5. The number of aliphatic hydroxyl groups is 9. The maximum Gasteiger partial charge on any atom is 0.331 e. The first kappa shape index (κ1) is 85.4. The highest BCUT2D eigenvalue weighted by Crippen LogP contribution is 2.37. The van der Waals surface area contributed by atoms with Crippen molar-refractivity contribution in [3.63, 3.8) is 0 Å². The first-order chi connectivity index (χ1) is 46.4. The lowest BCUT2D eigenvalue weighted by molar-refractivity contribution is -0.158. The van der Waals surface area contributed by atoms with Crippen molar-refractivity contribution in [3.8, 4) is 0 Å². The fraction of sp³-hybridized carbons (Fsp3) is 0.821. The van der Waals surface area contributed by atoms with Crippen molar-refractivity contribution in [3.05, 3.63) is 71.9 Å². The summed E-state index contributed by atoms with van der Waals surface area (Å²) in [6.07, 6.45) is 14.1. The zero-order valence-electron chi connectivity index (χ0n) is 62.0. The molecule has 0 aromatic heterocycles. The van der Waals surface area contributed by atoms with Crippen LogP contribution >= 0.6 is 0 Å². The number of hydrogen-bond donors (Lipinski definition) is 9. The molecule has 5 heterocycles.